The van der Waals surface area contributed by atoms with Crippen molar-refractivity contribution in [3.63, 3.8) is 0 Å². The maximum absolute atomic E-state index is 6.41. The van der Waals surface area contributed by atoms with E-state index in [4.69, 9.17) is 35.4 Å². The number of thiocarbonyl (C=S) groups is 1. The van der Waals surface area contributed by atoms with Crippen LogP contribution in [0.15, 0.2) is 85.1 Å². The van der Waals surface area contributed by atoms with Crippen LogP contribution in [0.5, 0.6) is 0 Å². The van der Waals surface area contributed by atoms with E-state index in [0.717, 1.165) is 48.4 Å². The molecule has 0 saturated heterocycles. The quantitative estimate of drug-likeness (QED) is 0.242. The Morgan fingerprint density at radius 3 is 2.31 bits per heavy atom. The molecule has 35 heavy (non-hydrogen) atoms. The van der Waals surface area contributed by atoms with E-state index in [1.54, 1.807) is 0 Å². The second kappa shape index (κ2) is 9.19. The van der Waals surface area contributed by atoms with Gasteiger partial charge in [-0.15, -0.1) is 0 Å². The molecular formula is C29H23Cl2N3S. The Balaban J connectivity index is 1.62. The molecule has 1 N–H and O–H groups in total. The minimum Gasteiger partial charge on any atom is -0.345 e. The molecule has 0 bridgehead atoms. The molecule has 1 aliphatic heterocycles. The van der Waals surface area contributed by atoms with Crippen LogP contribution in [0.4, 0.5) is 5.69 Å². The van der Waals surface area contributed by atoms with Gasteiger partial charge in [-0.1, -0.05) is 90.0 Å². The summed E-state index contributed by atoms with van der Waals surface area (Å²) in [5.74, 6) is 0. The van der Waals surface area contributed by atoms with Crippen molar-refractivity contribution in [2.45, 2.75) is 25.8 Å². The van der Waals surface area contributed by atoms with Gasteiger partial charge in [0.15, 0.2) is 0 Å². The zero-order valence-electron chi connectivity index (χ0n) is 19.0. The van der Waals surface area contributed by atoms with Crippen molar-refractivity contribution in [2.24, 2.45) is 0 Å². The predicted molar refractivity (Wildman–Crippen MR) is 151 cm³/mol. The molecular weight excluding hydrogens is 493 g/mol. The number of anilines is 1. The van der Waals surface area contributed by atoms with Crippen LogP contribution in [-0.2, 0) is 13.0 Å². The van der Waals surface area contributed by atoms with Gasteiger partial charge in [-0.2, -0.15) is 0 Å². The lowest BCUT2D eigenvalue weighted by atomic mass is 9.98. The van der Waals surface area contributed by atoms with E-state index >= 15 is 0 Å². The maximum atomic E-state index is 6.41. The van der Waals surface area contributed by atoms with Crippen molar-refractivity contribution >= 4 is 51.7 Å². The maximum Gasteiger partial charge on any atom is 0.128 e. The van der Waals surface area contributed by atoms with Crippen molar-refractivity contribution in [1.82, 2.24) is 8.97 Å². The average molecular weight is 516 g/mol. The summed E-state index contributed by atoms with van der Waals surface area (Å²) in [7, 11) is 0. The standard InChI is InChI=1S/C29H23Cl2N3S/c30-23-15-14-20(17-24(23)31)25-18-34-27(28(35)32-21-11-5-2-6-12-21)26(19-9-3-1-4-10-19)22-13-7-8-16-33(25)29(22)34/h1-6,9-12,14-15,17-18H,7-8,13,16H2,(H,32,35). The van der Waals surface area contributed by atoms with Crippen molar-refractivity contribution in [2.75, 3.05) is 5.32 Å². The highest BCUT2D eigenvalue weighted by atomic mass is 35.5. The fourth-order valence-corrected chi connectivity index (χ4v) is 5.74. The minimum absolute atomic E-state index is 0.558. The van der Waals surface area contributed by atoms with Crippen LogP contribution in [-0.4, -0.2) is 14.0 Å². The number of benzene rings is 3. The smallest absolute Gasteiger partial charge is 0.128 e. The highest BCUT2D eigenvalue weighted by molar-refractivity contribution is 7.81. The third-order valence-corrected chi connectivity index (χ3v) is 7.69. The second-order valence-electron chi connectivity index (χ2n) is 8.83. The molecule has 6 heteroatoms. The molecule has 5 aromatic rings. The zero-order valence-corrected chi connectivity index (χ0v) is 21.3. The minimum atomic E-state index is 0.558. The highest BCUT2D eigenvalue weighted by Gasteiger charge is 2.28. The Kier molecular flexibility index (Phi) is 5.89. The first-order chi connectivity index (χ1) is 17.1. The average Bonchev–Trinajstić information content (AvgIpc) is 3.30. The number of nitrogens with one attached hydrogen (secondary N) is 1. The number of aryl methyl sites for hydroxylation is 2. The van der Waals surface area contributed by atoms with Gasteiger partial charge in [-0.3, -0.25) is 4.40 Å². The van der Waals surface area contributed by atoms with Crippen LogP contribution in [0.1, 0.15) is 24.1 Å². The molecule has 0 radical (unpaired) electrons. The van der Waals surface area contributed by atoms with Gasteiger partial charge in [-0.25, -0.2) is 0 Å². The van der Waals surface area contributed by atoms with E-state index in [1.807, 2.05) is 48.5 Å². The van der Waals surface area contributed by atoms with Gasteiger partial charge < -0.3 is 9.88 Å². The highest BCUT2D eigenvalue weighted by Crippen LogP contribution is 2.40. The first-order valence-electron chi connectivity index (χ1n) is 11.8. The van der Waals surface area contributed by atoms with E-state index in [9.17, 15) is 0 Å². The summed E-state index contributed by atoms with van der Waals surface area (Å²) < 4.78 is 4.70. The molecule has 0 unspecified atom stereocenters. The van der Waals surface area contributed by atoms with E-state index in [1.165, 1.54) is 22.3 Å². The molecule has 0 amide bonds. The number of nitrogens with zero attached hydrogens (tertiary/aromatic N) is 2. The number of hydrogen-bond donors (Lipinski definition) is 1. The number of rotatable bonds is 4. The van der Waals surface area contributed by atoms with E-state index in [2.05, 4.69) is 50.8 Å². The number of halogens is 2. The molecule has 3 aromatic carbocycles. The SMILES string of the molecule is S=C(Nc1ccccc1)c1c(-c2ccccc2)c2c3n(c(-c4ccc(Cl)c(Cl)c4)cn13)CCCC2. The van der Waals surface area contributed by atoms with E-state index in [0.29, 0.717) is 15.0 Å². The molecule has 3 nitrogen and oxygen atoms in total. The van der Waals surface area contributed by atoms with Crippen molar-refractivity contribution in [1.29, 1.82) is 0 Å². The summed E-state index contributed by atoms with van der Waals surface area (Å²) in [5, 5.41) is 4.60. The number of hydrogen-bond acceptors (Lipinski definition) is 1. The van der Waals surface area contributed by atoms with Gasteiger partial charge in [0.2, 0.25) is 0 Å². The van der Waals surface area contributed by atoms with Crippen molar-refractivity contribution in [3.05, 3.63) is 106 Å². The lowest BCUT2D eigenvalue weighted by Gasteiger charge is -2.12. The lowest BCUT2D eigenvalue weighted by molar-refractivity contribution is 0.647. The van der Waals surface area contributed by atoms with Gasteiger partial charge in [0, 0.05) is 35.1 Å². The Morgan fingerprint density at radius 1 is 0.829 bits per heavy atom. The Hall–Kier alpha value is -3.05. The Morgan fingerprint density at radius 2 is 1.57 bits per heavy atom. The first kappa shape index (κ1) is 22.4. The summed E-state index contributed by atoms with van der Waals surface area (Å²) in [6, 6.07) is 26.5. The summed E-state index contributed by atoms with van der Waals surface area (Å²) in [4.78, 5) is 0.703. The predicted octanol–water partition coefficient (Wildman–Crippen LogP) is 8.51. The van der Waals surface area contributed by atoms with Gasteiger partial charge >= 0.3 is 0 Å². The van der Waals surface area contributed by atoms with Crippen LogP contribution in [0, 0.1) is 0 Å². The number of imidazole rings is 1. The molecule has 0 fully saturated rings. The van der Waals surface area contributed by atoms with Gasteiger partial charge in [0.25, 0.3) is 0 Å². The zero-order chi connectivity index (χ0) is 23.9. The van der Waals surface area contributed by atoms with Crippen LogP contribution >= 0.6 is 35.4 Å². The van der Waals surface area contributed by atoms with Crippen molar-refractivity contribution in [3.8, 4) is 22.4 Å². The van der Waals surface area contributed by atoms with E-state index in [-0.39, 0.29) is 0 Å². The largest absolute Gasteiger partial charge is 0.345 e. The van der Waals surface area contributed by atoms with Crippen LogP contribution in [0.25, 0.3) is 28.0 Å². The van der Waals surface area contributed by atoms with E-state index < -0.39 is 0 Å². The monoisotopic (exact) mass is 515 g/mol. The summed E-state index contributed by atoms with van der Waals surface area (Å²) in [5.41, 5.74) is 9.09. The Bertz CT molecular complexity index is 1550. The van der Waals surface area contributed by atoms with Gasteiger partial charge in [-0.05, 0) is 49.1 Å². The summed E-state index contributed by atoms with van der Waals surface area (Å²) in [6.45, 7) is 0.940. The van der Waals surface area contributed by atoms with Crippen LogP contribution in [0.3, 0.4) is 0 Å². The summed E-state index contributed by atoms with van der Waals surface area (Å²) >= 11 is 18.7. The molecule has 1 aliphatic rings. The Labute approximate surface area is 219 Å². The molecule has 6 rings (SSSR count). The third-order valence-electron chi connectivity index (χ3n) is 6.66. The molecule has 2 aromatic heterocycles. The number of para-hydroxylation sites is 1. The lowest BCUT2D eigenvalue weighted by Crippen LogP contribution is -2.14. The fourth-order valence-electron chi connectivity index (χ4n) is 5.12. The molecule has 0 atom stereocenters. The van der Waals surface area contributed by atoms with Gasteiger partial charge in [0.1, 0.15) is 10.6 Å². The molecule has 0 saturated carbocycles. The molecule has 0 aliphatic carbocycles. The van der Waals surface area contributed by atoms with Crippen LogP contribution < -0.4 is 5.32 Å². The second-order valence-corrected chi connectivity index (χ2v) is 10.1. The van der Waals surface area contributed by atoms with Gasteiger partial charge in [0.05, 0.1) is 21.4 Å². The fraction of sp³-hybridized carbons (Fsp3) is 0.138. The third kappa shape index (κ3) is 3.96. The normalized spacial score (nSPS) is 13.1. The van der Waals surface area contributed by atoms with Crippen molar-refractivity contribution < 1.29 is 0 Å². The molecule has 3 heterocycles. The number of aromatic nitrogens is 2. The topological polar surface area (TPSA) is 21.4 Å². The van der Waals surface area contributed by atoms with Crippen LogP contribution in [0.2, 0.25) is 10.0 Å². The molecule has 0 spiro atoms. The molecule has 174 valence electrons. The summed E-state index contributed by atoms with van der Waals surface area (Å²) in [6.07, 6.45) is 5.45. The first-order valence-corrected chi connectivity index (χ1v) is 12.9.